The van der Waals surface area contributed by atoms with E-state index in [1.807, 2.05) is 0 Å². The van der Waals surface area contributed by atoms with Crippen molar-refractivity contribution in [3.05, 3.63) is 59.7 Å². The maximum Gasteiger partial charge on any atom is 0.411 e. The van der Waals surface area contributed by atoms with Gasteiger partial charge in [-0.15, -0.1) is 0 Å². The van der Waals surface area contributed by atoms with Crippen molar-refractivity contribution in [3.8, 4) is 11.5 Å². The molecule has 0 aromatic heterocycles. The van der Waals surface area contributed by atoms with Crippen molar-refractivity contribution in [1.82, 2.24) is 0 Å². The SMILES string of the molecule is OCCCCOc1ccc(C(c2ccc(OCCCCO)cc2)(C(F)(F)F)C(F)(F)F)cc1. The molecule has 33 heavy (non-hydrogen) atoms. The number of halogens is 6. The van der Waals surface area contributed by atoms with Gasteiger partial charge in [-0.3, -0.25) is 0 Å². The van der Waals surface area contributed by atoms with Crippen LogP contribution in [0.15, 0.2) is 48.5 Å². The number of aliphatic hydroxyl groups excluding tert-OH is 2. The lowest BCUT2D eigenvalue weighted by molar-refractivity contribution is -0.288. The van der Waals surface area contributed by atoms with E-state index in [9.17, 15) is 26.3 Å². The van der Waals surface area contributed by atoms with Gasteiger partial charge in [0.25, 0.3) is 0 Å². The van der Waals surface area contributed by atoms with Crippen LogP contribution in [0.1, 0.15) is 36.8 Å². The van der Waals surface area contributed by atoms with Gasteiger partial charge in [-0.2, -0.15) is 26.3 Å². The molecule has 184 valence electrons. The Morgan fingerprint density at radius 3 is 1.15 bits per heavy atom. The third-order valence-corrected chi connectivity index (χ3v) is 5.07. The van der Waals surface area contributed by atoms with Gasteiger partial charge in [0.15, 0.2) is 0 Å². The first-order valence-electron chi connectivity index (χ1n) is 10.4. The van der Waals surface area contributed by atoms with Gasteiger partial charge in [0.05, 0.1) is 13.2 Å². The van der Waals surface area contributed by atoms with E-state index >= 15 is 0 Å². The molecule has 2 aromatic carbocycles. The van der Waals surface area contributed by atoms with Crippen molar-refractivity contribution in [1.29, 1.82) is 0 Å². The lowest BCUT2D eigenvalue weighted by Crippen LogP contribution is -2.54. The van der Waals surface area contributed by atoms with E-state index in [0.717, 1.165) is 48.5 Å². The molecule has 4 nitrogen and oxygen atoms in total. The molecule has 2 aromatic rings. The number of aliphatic hydroxyl groups is 2. The van der Waals surface area contributed by atoms with E-state index in [-0.39, 0.29) is 37.9 Å². The van der Waals surface area contributed by atoms with Crippen LogP contribution >= 0.6 is 0 Å². The molecule has 2 rings (SSSR count). The molecule has 0 amide bonds. The van der Waals surface area contributed by atoms with Crippen molar-refractivity contribution >= 4 is 0 Å². The molecule has 0 aliphatic rings. The number of ether oxygens (including phenoxy) is 2. The van der Waals surface area contributed by atoms with E-state index in [1.54, 1.807) is 0 Å². The van der Waals surface area contributed by atoms with Gasteiger partial charge in [0.2, 0.25) is 5.41 Å². The average Bonchev–Trinajstić information content (AvgIpc) is 2.75. The monoisotopic (exact) mass is 480 g/mol. The zero-order valence-electron chi connectivity index (χ0n) is 17.8. The van der Waals surface area contributed by atoms with Crippen LogP contribution in [0.25, 0.3) is 0 Å². The highest BCUT2D eigenvalue weighted by Crippen LogP contribution is 2.56. The number of alkyl halides is 6. The molecule has 0 spiro atoms. The molecule has 0 atom stereocenters. The van der Waals surface area contributed by atoms with Gasteiger partial charge in [-0.05, 0) is 61.1 Å². The number of unbranched alkanes of at least 4 members (excludes halogenated alkanes) is 2. The third kappa shape index (κ3) is 6.32. The summed E-state index contributed by atoms with van der Waals surface area (Å²) in [7, 11) is 0. The highest BCUT2D eigenvalue weighted by molar-refractivity contribution is 5.47. The molecule has 2 N–H and O–H groups in total. The summed E-state index contributed by atoms with van der Waals surface area (Å²) in [5.74, 6) is 0.253. The summed E-state index contributed by atoms with van der Waals surface area (Å²) >= 11 is 0. The van der Waals surface area contributed by atoms with Crippen LogP contribution < -0.4 is 9.47 Å². The summed E-state index contributed by atoms with van der Waals surface area (Å²) in [6.45, 7) is 0.246. The molecule has 0 fully saturated rings. The van der Waals surface area contributed by atoms with Crippen molar-refractivity contribution in [3.63, 3.8) is 0 Å². The van der Waals surface area contributed by atoms with Crippen LogP contribution in [0.4, 0.5) is 26.3 Å². The second-order valence-electron chi connectivity index (χ2n) is 7.35. The fourth-order valence-electron chi connectivity index (χ4n) is 3.39. The number of rotatable bonds is 12. The summed E-state index contributed by atoms with van der Waals surface area (Å²) < 4.78 is 95.8. The van der Waals surface area contributed by atoms with Crippen LogP contribution in [0.3, 0.4) is 0 Å². The Morgan fingerprint density at radius 2 is 0.879 bits per heavy atom. The van der Waals surface area contributed by atoms with Gasteiger partial charge in [0, 0.05) is 13.2 Å². The summed E-state index contributed by atoms with van der Waals surface area (Å²) in [5, 5.41) is 17.5. The molecule has 0 unspecified atom stereocenters. The van der Waals surface area contributed by atoms with Crippen LogP contribution in [0.5, 0.6) is 11.5 Å². The van der Waals surface area contributed by atoms with Crippen molar-refractivity contribution < 1.29 is 46.0 Å². The van der Waals surface area contributed by atoms with Crippen molar-refractivity contribution in [2.24, 2.45) is 0 Å². The summed E-state index contributed by atoms with van der Waals surface area (Å²) in [5.41, 5.74) is -6.21. The summed E-state index contributed by atoms with van der Waals surface area (Å²) in [6.07, 6.45) is -9.46. The first kappa shape index (κ1) is 26.8. The van der Waals surface area contributed by atoms with Gasteiger partial charge in [-0.1, -0.05) is 24.3 Å². The van der Waals surface area contributed by atoms with Gasteiger partial charge >= 0.3 is 12.4 Å². The van der Waals surface area contributed by atoms with E-state index in [1.165, 1.54) is 0 Å². The molecule has 0 aliphatic heterocycles. The zero-order valence-corrected chi connectivity index (χ0v) is 17.8. The Bertz CT molecular complexity index is 761. The molecule has 0 heterocycles. The smallest absolute Gasteiger partial charge is 0.411 e. The molecule has 0 aliphatic carbocycles. The predicted molar refractivity (Wildman–Crippen MR) is 109 cm³/mol. The quantitative estimate of drug-likeness (QED) is 0.316. The van der Waals surface area contributed by atoms with Gasteiger partial charge in [0.1, 0.15) is 11.5 Å². The molecule has 10 heteroatoms. The average molecular weight is 480 g/mol. The fourth-order valence-corrected chi connectivity index (χ4v) is 3.39. The Labute approximate surface area is 187 Å². The Kier molecular flexibility index (Phi) is 9.42. The van der Waals surface area contributed by atoms with Crippen LogP contribution in [0, 0.1) is 0 Å². The minimum absolute atomic E-state index is 0.0471. The Balaban J connectivity index is 2.40. The molecular formula is C23H26F6O4. The van der Waals surface area contributed by atoms with Gasteiger partial charge < -0.3 is 19.7 Å². The van der Waals surface area contributed by atoms with Crippen molar-refractivity contribution in [2.45, 2.75) is 43.5 Å². The molecule has 0 saturated heterocycles. The maximum atomic E-state index is 14.2. The lowest BCUT2D eigenvalue weighted by atomic mass is 9.73. The number of hydrogen-bond donors (Lipinski definition) is 2. The second kappa shape index (κ2) is 11.6. The van der Waals surface area contributed by atoms with E-state index in [2.05, 4.69) is 0 Å². The first-order chi connectivity index (χ1) is 15.6. The standard InChI is InChI=1S/C23H26F6O4/c24-22(25,26)21(23(27,28)29,17-5-9-19(10-6-17)32-15-3-1-13-30)18-7-11-20(12-8-18)33-16-4-2-14-31/h5-12,30-31H,1-4,13-16H2. The maximum absolute atomic E-state index is 14.2. The summed E-state index contributed by atoms with van der Waals surface area (Å²) in [4.78, 5) is 0. The highest BCUT2D eigenvalue weighted by atomic mass is 19.4. The molecular weight excluding hydrogens is 454 g/mol. The van der Waals surface area contributed by atoms with E-state index < -0.39 is 28.9 Å². The fraction of sp³-hybridized carbons (Fsp3) is 0.478. The zero-order chi connectivity index (χ0) is 24.5. The van der Waals surface area contributed by atoms with Crippen molar-refractivity contribution in [2.75, 3.05) is 26.4 Å². The van der Waals surface area contributed by atoms with Crippen LogP contribution in [-0.2, 0) is 5.41 Å². The lowest BCUT2D eigenvalue weighted by Gasteiger charge is -2.38. The second-order valence-corrected chi connectivity index (χ2v) is 7.35. The first-order valence-corrected chi connectivity index (χ1v) is 10.4. The van der Waals surface area contributed by atoms with Gasteiger partial charge in [-0.25, -0.2) is 0 Å². The Morgan fingerprint density at radius 1 is 0.545 bits per heavy atom. The number of benzene rings is 2. The third-order valence-electron chi connectivity index (χ3n) is 5.07. The van der Waals surface area contributed by atoms with Crippen LogP contribution in [0.2, 0.25) is 0 Å². The Hall–Kier alpha value is -2.46. The topological polar surface area (TPSA) is 58.9 Å². The van der Waals surface area contributed by atoms with E-state index in [4.69, 9.17) is 19.7 Å². The summed E-state index contributed by atoms with van der Waals surface area (Å²) in [6, 6.07) is 7.34. The molecule has 0 saturated carbocycles. The largest absolute Gasteiger partial charge is 0.494 e. The van der Waals surface area contributed by atoms with E-state index in [0.29, 0.717) is 25.7 Å². The van der Waals surface area contributed by atoms with Crippen LogP contribution in [-0.4, -0.2) is 49.0 Å². The predicted octanol–water partition coefficient (Wildman–Crippen LogP) is 5.40. The highest BCUT2D eigenvalue weighted by Gasteiger charge is 2.72. The molecule has 0 bridgehead atoms. The minimum atomic E-state index is -5.68. The minimum Gasteiger partial charge on any atom is -0.494 e. The normalized spacial score (nSPS) is 12.6. The molecule has 0 radical (unpaired) electrons. The number of hydrogen-bond acceptors (Lipinski definition) is 4.